The van der Waals surface area contributed by atoms with Gasteiger partial charge in [0.15, 0.2) is 11.5 Å². The number of rotatable bonds is 9. The number of benzene rings is 1. The van der Waals surface area contributed by atoms with Crippen molar-refractivity contribution in [3.63, 3.8) is 0 Å². The minimum atomic E-state index is -3.45. The molecule has 0 bridgehead atoms. The van der Waals surface area contributed by atoms with Crippen molar-refractivity contribution in [1.29, 1.82) is 0 Å². The van der Waals surface area contributed by atoms with Crippen molar-refractivity contribution in [3.8, 4) is 22.7 Å². The molecule has 1 aromatic carbocycles. The fourth-order valence-electron chi connectivity index (χ4n) is 5.52. The van der Waals surface area contributed by atoms with Crippen molar-refractivity contribution in [2.45, 2.75) is 69.4 Å². The molecule has 2 aliphatic rings. The summed E-state index contributed by atoms with van der Waals surface area (Å²) in [5.74, 6) is 1.06. The topological polar surface area (TPSA) is 167 Å². The average molecular weight is 646 g/mol. The average Bonchev–Trinajstić information content (AvgIpc) is 3.69. The van der Waals surface area contributed by atoms with E-state index in [9.17, 15) is 13.2 Å². The molecule has 4 aromatic heterocycles. The van der Waals surface area contributed by atoms with E-state index < -0.39 is 21.7 Å². The van der Waals surface area contributed by atoms with E-state index in [4.69, 9.17) is 19.6 Å². The fraction of sp³-hybridized carbons (Fsp3) is 0.387. The number of sulfonamides is 1. The van der Waals surface area contributed by atoms with E-state index in [0.717, 1.165) is 16.5 Å². The molecule has 1 amide bonds. The number of ether oxygens (including phenoxy) is 2. The van der Waals surface area contributed by atoms with Crippen molar-refractivity contribution in [1.82, 2.24) is 34.7 Å². The second-order valence-corrected chi connectivity index (χ2v) is 14.6. The van der Waals surface area contributed by atoms with E-state index in [-0.39, 0.29) is 17.3 Å². The monoisotopic (exact) mass is 645 g/mol. The third-order valence-corrected chi connectivity index (χ3v) is 9.82. The van der Waals surface area contributed by atoms with Gasteiger partial charge < -0.3 is 20.1 Å². The van der Waals surface area contributed by atoms with Crippen LogP contribution in [0.15, 0.2) is 55.1 Å². The van der Waals surface area contributed by atoms with Gasteiger partial charge in [0.25, 0.3) is 0 Å². The lowest BCUT2D eigenvalue weighted by molar-refractivity contribution is 0.0475. The van der Waals surface area contributed by atoms with Crippen LogP contribution in [0.25, 0.3) is 33.5 Å². The number of nitrogens with zero attached hydrogens (tertiary/aromatic N) is 6. The van der Waals surface area contributed by atoms with Gasteiger partial charge in [0.2, 0.25) is 10.0 Å². The second-order valence-electron chi connectivity index (χ2n) is 12.7. The van der Waals surface area contributed by atoms with Gasteiger partial charge in [0, 0.05) is 36.7 Å². The molecule has 0 atom stereocenters. The first-order chi connectivity index (χ1) is 22.0. The number of methoxy groups -OCH3 is 1. The normalized spacial score (nSPS) is 18.3. The predicted molar refractivity (Wildman–Crippen MR) is 173 cm³/mol. The van der Waals surface area contributed by atoms with E-state index in [0.29, 0.717) is 60.0 Å². The van der Waals surface area contributed by atoms with E-state index in [1.807, 2.05) is 39.1 Å². The zero-order valence-electron chi connectivity index (χ0n) is 25.9. The third kappa shape index (κ3) is 5.89. The van der Waals surface area contributed by atoms with Gasteiger partial charge in [0.05, 0.1) is 46.4 Å². The van der Waals surface area contributed by atoms with Crippen LogP contribution >= 0.6 is 0 Å². The summed E-state index contributed by atoms with van der Waals surface area (Å²) < 4.78 is 42.4. The molecule has 15 heteroatoms. The highest BCUT2D eigenvalue weighted by Gasteiger charge is 2.36. The van der Waals surface area contributed by atoms with Crippen LogP contribution in [0.4, 0.5) is 16.3 Å². The molecule has 2 aliphatic carbocycles. The molecule has 14 nitrogen and oxygen atoms in total. The number of hydrogen-bond donors (Lipinski definition) is 3. The predicted octanol–water partition coefficient (Wildman–Crippen LogP) is 4.51. The van der Waals surface area contributed by atoms with Gasteiger partial charge >= 0.3 is 6.09 Å². The molecular formula is C31H35N9O5S. The molecule has 0 spiro atoms. The molecule has 0 saturated heterocycles. The molecule has 2 fully saturated rings. The summed E-state index contributed by atoms with van der Waals surface area (Å²) in [6.07, 6.45) is 9.32. The molecule has 0 aliphatic heterocycles. The molecule has 7 rings (SSSR count). The molecular weight excluding hydrogens is 610 g/mol. The van der Waals surface area contributed by atoms with E-state index in [2.05, 4.69) is 25.4 Å². The van der Waals surface area contributed by atoms with Gasteiger partial charge in [-0.2, -0.15) is 5.10 Å². The molecule has 240 valence electrons. The largest absolute Gasteiger partial charge is 0.494 e. The number of nitrogens with one attached hydrogen (secondary N) is 3. The van der Waals surface area contributed by atoms with Crippen LogP contribution in [0.1, 0.15) is 46.5 Å². The van der Waals surface area contributed by atoms with Crippen molar-refractivity contribution in [2.75, 3.05) is 17.1 Å². The number of fused-ring (bicyclic) bond motifs is 2. The minimum absolute atomic E-state index is 0.0133. The van der Waals surface area contributed by atoms with Crippen LogP contribution in [0, 0.1) is 0 Å². The number of anilines is 2. The second kappa shape index (κ2) is 11.2. The number of aromatic nitrogens is 6. The maximum atomic E-state index is 12.6. The Kier molecular flexibility index (Phi) is 7.22. The molecule has 5 aromatic rings. The summed E-state index contributed by atoms with van der Waals surface area (Å²) in [5.41, 5.74) is 3.30. The number of alkyl carbamates (subject to hydrolysis) is 1. The first kappa shape index (κ1) is 29.8. The lowest BCUT2D eigenvalue weighted by atomic mass is 9.87. The Morgan fingerprint density at radius 1 is 1.07 bits per heavy atom. The Morgan fingerprint density at radius 2 is 1.87 bits per heavy atom. The van der Waals surface area contributed by atoms with E-state index in [1.165, 1.54) is 7.11 Å². The smallest absolute Gasteiger partial charge is 0.407 e. The summed E-state index contributed by atoms with van der Waals surface area (Å²) >= 11 is 0. The van der Waals surface area contributed by atoms with Crippen LogP contribution in [0.3, 0.4) is 0 Å². The third-order valence-electron chi connectivity index (χ3n) is 7.95. The standard InChI is InChI=1S/C31H35N9O5S/c1-31(2,3)45-30(41)36-20-12-19(13-20)35-28-23-16-33-24(22-17-34-39-11-5-10-32-29(22)39)15-26(23)40(37-28)25-9-6-18(14-27(25)44-4)38-46(42,43)21-7-8-21/h5-6,9-11,14-17,19-21,38H,7-8,12-13H2,1-4H3,(H,35,37)(H,36,41)/t19-,20+. The van der Waals surface area contributed by atoms with Crippen molar-refractivity contribution < 1.29 is 22.7 Å². The molecule has 46 heavy (non-hydrogen) atoms. The Labute approximate surface area is 265 Å². The Hall–Kier alpha value is -4.92. The zero-order chi connectivity index (χ0) is 32.2. The maximum absolute atomic E-state index is 12.6. The Morgan fingerprint density at radius 3 is 2.61 bits per heavy atom. The highest BCUT2D eigenvalue weighted by atomic mass is 32.2. The van der Waals surface area contributed by atoms with Gasteiger partial charge in [-0.15, -0.1) is 5.10 Å². The quantitative estimate of drug-likeness (QED) is 0.208. The summed E-state index contributed by atoms with van der Waals surface area (Å²) in [6, 6.07) is 8.93. The number of carbonyl (C=O) groups excluding carboxylic acids is 1. The molecule has 0 radical (unpaired) electrons. The van der Waals surface area contributed by atoms with Crippen molar-refractivity contribution >= 4 is 44.2 Å². The highest BCUT2D eigenvalue weighted by molar-refractivity contribution is 7.93. The number of carbonyl (C=O) groups is 1. The fourth-order valence-corrected chi connectivity index (χ4v) is 6.90. The van der Waals surface area contributed by atoms with Crippen LogP contribution in [-0.4, -0.2) is 73.9 Å². The first-order valence-corrected chi connectivity index (χ1v) is 16.7. The van der Waals surface area contributed by atoms with Crippen LogP contribution in [0.2, 0.25) is 0 Å². The summed E-state index contributed by atoms with van der Waals surface area (Å²) in [5, 5.41) is 16.2. The van der Waals surface area contributed by atoms with Crippen LogP contribution in [-0.2, 0) is 14.8 Å². The molecule has 3 N–H and O–H groups in total. The molecule has 2 saturated carbocycles. The van der Waals surface area contributed by atoms with Crippen LogP contribution < -0.4 is 20.1 Å². The SMILES string of the molecule is COc1cc(NS(=O)(=O)C2CC2)ccc1-n1nc(N[C@H]2C[C@@H](NC(=O)OC(C)(C)C)C2)c2cnc(-c3cnn4cccnc34)cc21. The van der Waals surface area contributed by atoms with Crippen LogP contribution in [0.5, 0.6) is 5.75 Å². The number of hydrogen-bond acceptors (Lipinski definition) is 10. The van der Waals surface area contributed by atoms with Gasteiger partial charge in [-0.1, -0.05) is 0 Å². The van der Waals surface area contributed by atoms with Gasteiger partial charge in [-0.25, -0.2) is 27.4 Å². The Balaban J connectivity index is 1.22. The Bertz CT molecular complexity index is 2060. The zero-order valence-corrected chi connectivity index (χ0v) is 26.7. The van der Waals surface area contributed by atoms with Crippen molar-refractivity contribution in [3.05, 3.63) is 55.1 Å². The first-order valence-electron chi connectivity index (χ1n) is 15.1. The summed E-state index contributed by atoms with van der Waals surface area (Å²) in [4.78, 5) is 21.5. The number of amides is 1. The summed E-state index contributed by atoms with van der Waals surface area (Å²) in [6.45, 7) is 5.50. The van der Waals surface area contributed by atoms with Gasteiger partial charge in [-0.05, 0) is 70.7 Å². The molecule has 4 heterocycles. The summed E-state index contributed by atoms with van der Waals surface area (Å²) in [7, 11) is -1.91. The van der Waals surface area contributed by atoms with E-state index in [1.54, 1.807) is 46.0 Å². The van der Waals surface area contributed by atoms with Gasteiger partial charge in [0.1, 0.15) is 17.0 Å². The lowest BCUT2D eigenvalue weighted by Gasteiger charge is -2.36. The maximum Gasteiger partial charge on any atom is 0.407 e. The molecule has 0 unspecified atom stereocenters. The van der Waals surface area contributed by atoms with Crippen molar-refractivity contribution in [2.24, 2.45) is 0 Å². The van der Waals surface area contributed by atoms with E-state index >= 15 is 0 Å². The number of pyridine rings is 1. The lowest BCUT2D eigenvalue weighted by Crippen LogP contribution is -2.50. The minimum Gasteiger partial charge on any atom is -0.494 e. The highest BCUT2D eigenvalue weighted by Crippen LogP contribution is 2.36. The van der Waals surface area contributed by atoms with Gasteiger partial charge in [-0.3, -0.25) is 9.71 Å².